The lowest BCUT2D eigenvalue weighted by Gasteiger charge is -2.25. The third-order valence-corrected chi connectivity index (χ3v) is 5.08. The van der Waals surface area contributed by atoms with Gasteiger partial charge >= 0.3 is 0 Å². The fourth-order valence-electron chi connectivity index (χ4n) is 4.71. The smallest absolute Gasteiger partial charge is 0.0876 e. The number of epoxide rings is 1. The summed E-state index contributed by atoms with van der Waals surface area (Å²) in [5, 5.41) is 0. The Morgan fingerprint density at radius 3 is 2.86 bits per heavy atom. The van der Waals surface area contributed by atoms with Gasteiger partial charge in [0.15, 0.2) is 0 Å². The van der Waals surface area contributed by atoms with Gasteiger partial charge in [-0.3, -0.25) is 0 Å². The Labute approximate surface area is 85.0 Å². The van der Waals surface area contributed by atoms with E-state index in [9.17, 15) is 0 Å². The number of rotatable bonds is 2. The molecule has 1 aliphatic heterocycles. The van der Waals surface area contributed by atoms with E-state index in [4.69, 9.17) is 9.47 Å². The first-order valence-electron chi connectivity index (χ1n) is 6.17. The Kier molecular flexibility index (Phi) is 1.47. The minimum Gasteiger partial charge on any atom is -0.378 e. The Bertz CT molecular complexity index is 265. The average Bonchev–Trinajstić information content (AvgIpc) is 2.57. The summed E-state index contributed by atoms with van der Waals surface area (Å²) in [5.74, 6) is 3.59. The van der Waals surface area contributed by atoms with E-state index in [1.807, 2.05) is 0 Å². The second kappa shape index (κ2) is 2.53. The molecular formula is C12H18O2. The largest absolute Gasteiger partial charge is 0.378 e. The molecule has 2 heteroatoms. The predicted molar refractivity (Wildman–Crippen MR) is 51.9 cm³/mol. The summed E-state index contributed by atoms with van der Waals surface area (Å²) in [7, 11) is 0. The van der Waals surface area contributed by atoms with Gasteiger partial charge in [-0.1, -0.05) is 0 Å². The van der Waals surface area contributed by atoms with Crippen LogP contribution >= 0.6 is 0 Å². The first kappa shape index (κ1) is 8.12. The lowest BCUT2D eigenvalue weighted by molar-refractivity contribution is 0.0234. The van der Waals surface area contributed by atoms with Crippen LogP contribution in [0.2, 0.25) is 0 Å². The molecule has 14 heavy (non-hydrogen) atoms. The van der Waals surface area contributed by atoms with Crippen LogP contribution in [0.5, 0.6) is 0 Å². The summed E-state index contributed by atoms with van der Waals surface area (Å²) in [5.41, 5.74) is 0. The van der Waals surface area contributed by atoms with Crippen molar-refractivity contribution in [3.8, 4) is 0 Å². The molecule has 3 aliphatic carbocycles. The van der Waals surface area contributed by atoms with Gasteiger partial charge in [0.05, 0.1) is 18.3 Å². The molecule has 78 valence electrons. The van der Waals surface area contributed by atoms with Crippen molar-refractivity contribution in [1.82, 2.24) is 0 Å². The lowest BCUT2D eigenvalue weighted by Crippen LogP contribution is -2.23. The van der Waals surface area contributed by atoms with Gasteiger partial charge in [-0.15, -0.1) is 0 Å². The van der Waals surface area contributed by atoms with Crippen LogP contribution in [-0.2, 0) is 9.47 Å². The normalized spacial score (nSPS) is 62.8. The summed E-state index contributed by atoms with van der Waals surface area (Å²) in [6.07, 6.45) is 6.09. The number of hydrogen-bond acceptors (Lipinski definition) is 2. The van der Waals surface area contributed by atoms with Gasteiger partial charge in [0.2, 0.25) is 0 Å². The third kappa shape index (κ3) is 0.809. The van der Waals surface area contributed by atoms with E-state index in [2.05, 4.69) is 6.92 Å². The minimum atomic E-state index is 0.597. The van der Waals surface area contributed by atoms with Crippen molar-refractivity contribution < 1.29 is 9.47 Å². The standard InChI is InChI=1S/C12H18O2/c1-2-13-11-6-3-4-7(11)10-8(6)5-9-12(10)14-9/h6-12H,2-5H2,1H3. The van der Waals surface area contributed by atoms with E-state index in [0.29, 0.717) is 18.3 Å². The molecule has 3 saturated carbocycles. The van der Waals surface area contributed by atoms with Crippen LogP contribution < -0.4 is 0 Å². The van der Waals surface area contributed by atoms with Gasteiger partial charge in [-0.2, -0.15) is 0 Å². The maximum atomic E-state index is 5.94. The zero-order valence-electron chi connectivity index (χ0n) is 8.69. The molecule has 1 saturated heterocycles. The second-order valence-electron chi connectivity index (χ2n) is 5.44. The Balaban J connectivity index is 1.63. The Morgan fingerprint density at radius 1 is 1.21 bits per heavy atom. The molecule has 0 spiro atoms. The first-order chi connectivity index (χ1) is 6.90. The van der Waals surface area contributed by atoms with Crippen molar-refractivity contribution in [2.24, 2.45) is 23.7 Å². The predicted octanol–water partition coefficient (Wildman–Crippen LogP) is 1.83. The van der Waals surface area contributed by atoms with Crippen LogP contribution in [0.1, 0.15) is 26.2 Å². The minimum absolute atomic E-state index is 0.597. The average molecular weight is 194 g/mol. The molecule has 0 aromatic rings. The molecule has 7 unspecified atom stereocenters. The molecule has 0 aromatic heterocycles. The zero-order chi connectivity index (χ0) is 9.28. The summed E-state index contributed by atoms with van der Waals surface area (Å²) in [4.78, 5) is 0. The summed E-state index contributed by atoms with van der Waals surface area (Å²) in [6.45, 7) is 3.02. The molecular weight excluding hydrogens is 176 g/mol. The van der Waals surface area contributed by atoms with Crippen LogP contribution in [0.15, 0.2) is 0 Å². The number of ether oxygens (including phenoxy) is 2. The number of fused-ring (bicyclic) bond motifs is 7. The first-order valence-corrected chi connectivity index (χ1v) is 6.17. The fraction of sp³-hybridized carbons (Fsp3) is 1.00. The van der Waals surface area contributed by atoms with Crippen molar-refractivity contribution in [1.29, 1.82) is 0 Å². The van der Waals surface area contributed by atoms with Gasteiger partial charge in [0.1, 0.15) is 0 Å². The summed E-state index contributed by atoms with van der Waals surface area (Å²) in [6, 6.07) is 0. The molecule has 0 N–H and O–H groups in total. The topological polar surface area (TPSA) is 21.8 Å². The molecule has 4 fully saturated rings. The lowest BCUT2D eigenvalue weighted by atomic mass is 9.81. The molecule has 2 nitrogen and oxygen atoms in total. The van der Waals surface area contributed by atoms with Crippen LogP contribution in [-0.4, -0.2) is 24.9 Å². The highest BCUT2D eigenvalue weighted by Crippen LogP contribution is 2.64. The maximum Gasteiger partial charge on any atom is 0.0876 e. The number of hydrogen-bond donors (Lipinski definition) is 0. The Morgan fingerprint density at radius 2 is 2.07 bits per heavy atom. The summed E-state index contributed by atoms with van der Waals surface area (Å²) >= 11 is 0. The highest BCUT2D eigenvalue weighted by molar-refractivity contribution is 5.15. The van der Waals surface area contributed by atoms with Gasteiger partial charge in [0, 0.05) is 6.61 Å². The highest BCUT2D eigenvalue weighted by Gasteiger charge is 2.67. The van der Waals surface area contributed by atoms with Crippen LogP contribution in [0.25, 0.3) is 0 Å². The SMILES string of the molecule is CCOC1C2CCC1C1C2CC2OC21. The van der Waals surface area contributed by atoms with Crippen molar-refractivity contribution in [3.63, 3.8) is 0 Å². The Hall–Kier alpha value is -0.0800. The molecule has 0 aromatic carbocycles. The molecule has 7 atom stereocenters. The van der Waals surface area contributed by atoms with Crippen molar-refractivity contribution in [2.45, 2.75) is 44.5 Å². The van der Waals surface area contributed by atoms with Crippen molar-refractivity contribution in [3.05, 3.63) is 0 Å². The van der Waals surface area contributed by atoms with Crippen LogP contribution in [0, 0.1) is 23.7 Å². The molecule has 2 bridgehead atoms. The third-order valence-electron chi connectivity index (χ3n) is 5.08. The van der Waals surface area contributed by atoms with E-state index < -0.39 is 0 Å². The monoisotopic (exact) mass is 194 g/mol. The van der Waals surface area contributed by atoms with E-state index in [1.165, 1.54) is 19.3 Å². The van der Waals surface area contributed by atoms with Gasteiger partial charge in [-0.25, -0.2) is 0 Å². The molecule has 4 rings (SSSR count). The van der Waals surface area contributed by atoms with Crippen LogP contribution in [0.3, 0.4) is 0 Å². The molecule has 0 radical (unpaired) electrons. The zero-order valence-corrected chi connectivity index (χ0v) is 8.69. The van der Waals surface area contributed by atoms with Crippen molar-refractivity contribution >= 4 is 0 Å². The van der Waals surface area contributed by atoms with Crippen molar-refractivity contribution in [2.75, 3.05) is 6.61 Å². The summed E-state index contributed by atoms with van der Waals surface area (Å²) < 4.78 is 11.6. The van der Waals surface area contributed by atoms with Gasteiger partial charge in [-0.05, 0) is 49.9 Å². The van der Waals surface area contributed by atoms with Gasteiger partial charge < -0.3 is 9.47 Å². The molecule has 0 amide bonds. The van der Waals surface area contributed by atoms with Gasteiger partial charge in [0.25, 0.3) is 0 Å². The molecule has 1 heterocycles. The van der Waals surface area contributed by atoms with Crippen LogP contribution in [0.4, 0.5) is 0 Å². The van der Waals surface area contributed by atoms with E-state index in [-0.39, 0.29) is 0 Å². The fourth-order valence-corrected chi connectivity index (χ4v) is 4.71. The van der Waals surface area contributed by atoms with E-state index >= 15 is 0 Å². The van der Waals surface area contributed by atoms with E-state index in [0.717, 1.165) is 30.3 Å². The quantitative estimate of drug-likeness (QED) is 0.626. The second-order valence-corrected chi connectivity index (χ2v) is 5.44. The maximum absolute atomic E-state index is 5.94. The highest BCUT2D eigenvalue weighted by atomic mass is 16.6. The molecule has 4 aliphatic rings. The van der Waals surface area contributed by atoms with E-state index in [1.54, 1.807) is 0 Å².